The van der Waals surface area contributed by atoms with Crippen molar-refractivity contribution in [2.24, 2.45) is 0 Å². The van der Waals surface area contributed by atoms with E-state index in [0.29, 0.717) is 0 Å². The molecule has 0 aliphatic carbocycles. The fourth-order valence-electron chi connectivity index (χ4n) is 2.97. The summed E-state index contributed by atoms with van der Waals surface area (Å²) < 4.78 is 0. The molecule has 4 rings (SSSR count). The number of nitrogens with zero attached hydrogens (tertiary/aromatic N) is 1. The van der Waals surface area contributed by atoms with Crippen LogP contribution in [-0.2, 0) is 0 Å². The Morgan fingerprint density at radius 3 is 1.60 bits per heavy atom. The molecule has 0 fully saturated rings. The highest BCUT2D eigenvalue weighted by atomic mass is 31.1. The third kappa shape index (κ3) is 3.38. The summed E-state index contributed by atoms with van der Waals surface area (Å²) in [6, 6.07) is 36.2. The Labute approximate surface area is 149 Å². The van der Waals surface area contributed by atoms with Gasteiger partial charge in [0.05, 0.1) is 5.44 Å². The predicted molar refractivity (Wildman–Crippen MR) is 108 cm³/mol. The molecule has 0 saturated heterocycles. The predicted octanol–water partition coefficient (Wildman–Crippen LogP) is 4.51. The van der Waals surface area contributed by atoms with E-state index in [2.05, 4.69) is 97.1 Å². The van der Waals surface area contributed by atoms with E-state index in [1.807, 2.05) is 12.3 Å². The number of aromatic nitrogens is 1. The minimum atomic E-state index is -0.702. The molecule has 1 heterocycles. The van der Waals surface area contributed by atoms with E-state index < -0.39 is 7.92 Å². The largest absolute Gasteiger partial charge is 0.255 e. The Kier molecular flexibility index (Phi) is 4.68. The molecule has 3 aromatic carbocycles. The van der Waals surface area contributed by atoms with Crippen molar-refractivity contribution in [3.63, 3.8) is 0 Å². The van der Waals surface area contributed by atoms with Crippen LogP contribution < -0.4 is 16.0 Å². The Morgan fingerprint density at radius 1 is 0.520 bits per heavy atom. The fourth-order valence-corrected chi connectivity index (χ4v) is 5.32. The first-order valence-electron chi connectivity index (χ1n) is 8.34. The van der Waals surface area contributed by atoms with Crippen LogP contribution in [0.25, 0.3) is 11.1 Å². The maximum Gasteiger partial charge on any atom is 0.0798 e. The second-order valence-corrected chi connectivity index (χ2v) is 7.87. The molecular weight excluding hydrogens is 321 g/mol. The van der Waals surface area contributed by atoms with Crippen molar-refractivity contribution in [1.29, 1.82) is 0 Å². The lowest BCUT2D eigenvalue weighted by Gasteiger charge is -2.21. The number of benzene rings is 3. The normalized spacial score (nSPS) is 10.8. The van der Waals surface area contributed by atoms with Crippen molar-refractivity contribution < 1.29 is 0 Å². The quantitative estimate of drug-likeness (QED) is 0.499. The molecule has 120 valence electrons. The lowest BCUT2D eigenvalue weighted by molar-refractivity contribution is 1.39. The second-order valence-electron chi connectivity index (χ2n) is 5.75. The van der Waals surface area contributed by atoms with E-state index in [-0.39, 0.29) is 0 Å². The van der Waals surface area contributed by atoms with E-state index in [0.717, 1.165) is 5.44 Å². The average Bonchev–Trinajstić information content (AvgIpc) is 2.71. The van der Waals surface area contributed by atoms with Gasteiger partial charge in [-0.15, -0.1) is 0 Å². The summed E-state index contributed by atoms with van der Waals surface area (Å²) in [5.41, 5.74) is 3.58. The van der Waals surface area contributed by atoms with Gasteiger partial charge in [-0.25, -0.2) is 0 Å². The minimum Gasteiger partial charge on any atom is -0.255 e. The van der Waals surface area contributed by atoms with Crippen LogP contribution in [0, 0.1) is 0 Å². The molecule has 4 aromatic rings. The average molecular weight is 339 g/mol. The topological polar surface area (TPSA) is 12.9 Å². The van der Waals surface area contributed by atoms with E-state index in [1.54, 1.807) is 0 Å². The van der Waals surface area contributed by atoms with Gasteiger partial charge in [0.1, 0.15) is 0 Å². The third-order valence-electron chi connectivity index (χ3n) is 4.11. The lowest BCUT2D eigenvalue weighted by Crippen LogP contribution is -2.24. The zero-order valence-electron chi connectivity index (χ0n) is 13.8. The SMILES string of the molecule is c1ccc(-c2cccnc2P(c2ccccc2)c2ccccc2)cc1. The molecule has 0 aliphatic rings. The molecule has 25 heavy (non-hydrogen) atoms. The molecule has 0 spiro atoms. The van der Waals surface area contributed by atoms with Gasteiger partial charge in [-0.3, -0.25) is 4.98 Å². The van der Waals surface area contributed by atoms with Crippen LogP contribution in [0.3, 0.4) is 0 Å². The maximum atomic E-state index is 4.84. The Bertz CT molecular complexity index is 898. The third-order valence-corrected chi connectivity index (χ3v) is 6.52. The summed E-state index contributed by atoms with van der Waals surface area (Å²) in [6.07, 6.45) is 1.91. The van der Waals surface area contributed by atoms with E-state index >= 15 is 0 Å². The van der Waals surface area contributed by atoms with Gasteiger partial charge < -0.3 is 0 Å². The molecule has 0 radical (unpaired) electrons. The van der Waals surface area contributed by atoms with Gasteiger partial charge in [-0.2, -0.15) is 0 Å². The van der Waals surface area contributed by atoms with Crippen molar-refractivity contribution in [2.75, 3.05) is 0 Å². The molecule has 0 aliphatic heterocycles. The summed E-state index contributed by atoms with van der Waals surface area (Å²) in [5, 5.41) is 2.64. The zero-order chi connectivity index (χ0) is 16.9. The van der Waals surface area contributed by atoms with Crippen LogP contribution in [-0.4, -0.2) is 4.98 Å². The molecule has 0 unspecified atom stereocenters. The second kappa shape index (κ2) is 7.42. The summed E-state index contributed by atoms with van der Waals surface area (Å²) >= 11 is 0. The van der Waals surface area contributed by atoms with Gasteiger partial charge in [0.2, 0.25) is 0 Å². The van der Waals surface area contributed by atoms with Gasteiger partial charge in [0.25, 0.3) is 0 Å². The Hall–Kier alpha value is -2.76. The molecule has 0 saturated carbocycles. The molecule has 0 amide bonds. The number of rotatable bonds is 4. The molecule has 2 heteroatoms. The molecule has 0 atom stereocenters. The molecular formula is C23H18NP. The summed E-state index contributed by atoms with van der Waals surface area (Å²) in [4.78, 5) is 4.84. The molecule has 0 N–H and O–H groups in total. The van der Waals surface area contributed by atoms with Crippen LogP contribution in [0.5, 0.6) is 0 Å². The van der Waals surface area contributed by atoms with Crippen molar-refractivity contribution >= 4 is 24.0 Å². The van der Waals surface area contributed by atoms with Crippen molar-refractivity contribution in [1.82, 2.24) is 4.98 Å². The monoisotopic (exact) mass is 339 g/mol. The van der Waals surface area contributed by atoms with Gasteiger partial charge in [-0.05, 0) is 22.2 Å². The highest BCUT2D eigenvalue weighted by Crippen LogP contribution is 2.35. The summed E-state index contributed by atoms with van der Waals surface area (Å²) in [7, 11) is -0.702. The number of pyridine rings is 1. The van der Waals surface area contributed by atoms with Crippen LogP contribution in [0.2, 0.25) is 0 Å². The van der Waals surface area contributed by atoms with Crippen LogP contribution in [0.4, 0.5) is 0 Å². The first-order chi connectivity index (χ1) is 12.4. The van der Waals surface area contributed by atoms with E-state index in [1.165, 1.54) is 21.7 Å². The number of hydrogen-bond acceptors (Lipinski definition) is 1. The molecule has 0 bridgehead atoms. The summed E-state index contributed by atoms with van der Waals surface area (Å²) in [6.45, 7) is 0. The van der Waals surface area contributed by atoms with Crippen LogP contribution in [0.1, 0.15) is 0 Å². The van der Waals surface area contributed by atoms with Gasteiger partial charge in [-0.1, -0.05) is 97.1 Å². The zero-order valence-corrected chi connectivity index (χ0v) is 14.7. The molecule has 1 nitrogen and oxygen atoms in total. The lowest BCUT2D eigenvalue weighted by atomic mass is 10.1. The van der Waals surface area contributed by atoms with E-state index in [4.69, 9.17) is 4.98 Å². The van der Waals surface area contributed by atoms with Crippen molar-refractivity contribution in [2.45, 2.75) is 0 Å². The van der Waals surface area contributed by atoms with Crippen LogP contribution >= 0.6 is 7.92 Å². The number of hydrogen-bond donors (Lipinski definition) is 0. The maximum absolute atomic E-state index is 4.84. The highest BCUT2D eigenvalue weighted by Gasteiger charge is 2.21. The standard InChI is InChI=1S/C23H18NP/c1-4-11-19(12-5-1)22-17-10-18-24-23(22)25(20-13-6-2-7-14-20)21-15-8-3-9-16-21/h1-18H. The smallest absolute Gasteiger partial charge is 0.0798 e. The fraction of sp³-hybridized carbons (Fsp3) is 0. The molecule has 1 aromatic heterocycles. The van der Waals surface area contributed by atoms with Gasteiger partial charge in [0, 0.05) is 19.7 Å². The Balaban J connectivity index is 1.93. The highest BCUT2D eigenvalue weighted by molar-refractivity contribution is 7.79. The van der Waals surface area contributed by atoms with Crippen molar-refractivity contribution in [3.8, 4) is 11.1 Å². The summed E-state index contributed by atoms with van der Waals surface area (Å²) in [5.74, 6) is 0. The van der Waals surface area contributed by atoms with Gasteiger partial charge >= 0.3 is 0 Å². The van der Waals surface area contributed by atoms with Crippen molar-refractivity contribution in [3.05, 3.63) is 109 Å². The minimum absolute atomic E-state index is 0.702. The van der Waals surface area contributed by atoms with Crippen LogP contribution in [0.15, 0.2) is 109 Å². The Morgan fingerprint density at radius 2 is 1.04 bits per heavy atom. The first-order valence-corrected chi connectivity index (χ1v) is 9.68. The van der Waals surface area contributed by atoms with E-state index in [9.17, 15) is 0 Å². The first kappa shape index (κ1) is 15.7. The van der Waals surface area contributed by atoms with Gasteiger partial charge in [0.15, 0.2) is 0 Å².